The summed E-state index contributed by atoms with van der Waals surface area (Å²) in [4.78, 5) is 14.9. The second-order valence-electron chi connectivity index (χ2n) is 8.33. The van der Waals surface area contributed by atoms with Gasteiger partial charge in [0.1, 0.15) is 6.10 Å². The Hall–Kier alpha value is -3.35. The first kappa shape index (κ1) is 23.4. The van der Waals surface area contributed by atoms with Crippen LogP contribution in [-0.4, -0.2) is 89.0 Å². The van der Waals surface area contributed by atoms with E-state index in [1.54, 1.807) is 46.2 Å². The normalized spacial score (nSPS) is 17.9. The van der Waals surface area contributed by atoms with Gasteiger partial charge >= 0.3 is 0 Å². The molecule has 5 rings (SSSR count). The Morgan fingerprint density at radius 1 is 0.971 bits per heavy atom. The number of sulfonamides is 1. The fourth-order valence-corrected chi connectivity index (χ4v) is 5.55. The standard InChI is InChI=1S/C23H26N6O5S/c30-23(18-2-4-20(5-3-18)35(31,32)28-14-16-33-17-15-28)27-12-8-19(9-13-27)34-22-7-6-21(25-26-22)29-11-1-10-24-29/h1-7,10-11,19H,8-9,12-17H2. The monoisotopic (exact) mass is 498 g/mol. The van der Waals surface area contributed by atoms with Crippen molar-refractivity contribution in [2.45, 2.75) is 23.8 Å². The fourth-order valence-electron chi connectivity index (χ4n) is 4.14. The van der Waals surface area contributed by atoms with E-state index >= 15 is 0 Å². The van der Waals surface area contributed by atoms with Gasteiger partial charge in [0, 0.05) is 63.0 Å². The lowest BCUT2D eigenvalue weighted by Crippen LogP contribution is -2.42. The maximum atomic E-state index is 13.0. The summed E-state index contributed by atoms with van der Waals surface area (Å²) in [5.74, 6) is 0.913. The third-order valence-electron chi connectivity index (χ3n) is 6.09. The molecule has 0 spiro atoms. The molecule has 0 saturated carbocycles. The van der Waals surface area contributed by atoms with Crippen LogP contribution in [-0.2, 0) is 14.8 Å². The highest BCUT2D eigenvalue weighted by atomic mass is 32.2. The number of rotatable bonds is 6. The van der Waals surface area contributed by atoms with Gasteiger partial charge in [-0.2, -0.15) is 9.40 Å². The minimum Gasteiger partial charge on any atom is -0.473 e. The van der Waals surface area contributed by atoms with Crippen molar-refractivity contribution >= 4 is 15.9 Å². The molecule has 2 aliphatic heterocycles. The molecule has 2 fully saturated rings. The minimum absolute atomic E-state index is 0.0649. The number of hydrogen-bond acceptors (Lipinski definition) is 8. The molecule has 12 heteroatoms. The predicted octanol–water partition coefficient (Wildman–Crippen LogP) is 1.37. The maximum absolute atomic E-state index is 13.0. The lowest BCUT2D eigenvalue weighted by atomic mass is 10.1. The number of ether oxygens (including phenoxy) is 2. The third-order valence-corrected chi connectivity index (χ3v) is 8.00. The zero-order valence-corrected chi connectivity index (χ0v) is 19.9. The second kappa shape index (κ2) is 10.1. The first-order valence-electron chi connectivity index (χ1n) is 11.5. The van der Waals surface area contributed by atoms with E-state index in [1.165, 1.54) is 16.4 Å². The molecule has 4 heterocycles. The molecule has 35 heavy (non-hydrogen) atoms. The zero-order chi connectivity index (χ0) is 24.3. The summed E-state index contributed by atoms with van der Waals surface area (Å²) >= 11 is 0. The largest absolute Gasteiger partial charge is 0.473 e. The topological polar surface area (TPSA) is 120 Å². The number of carbonyl (C=O) groups excluding carboxylic acids is 1. The molecule has 0 aliphatic carbocycles. The Morgan fingerprint density at radius 3 is 2.34 bits per heavy atom. The van der Waals surface area contributed by atoms with E-state index in [1.807, 2.05) is 6.07 Å². The highest BCUT2D eigenvalue weighted by molar-refractivity contribution is 7.89. The number of nitrogens with zero attached hydrogens (tertiary/aromatic N) is 6. The van der Waals surface area contributed by atoms with Crippen LogP contribution in [0.3, 0.4) is 0 Å². The van der Waals surface area contributed by atoms with E-state index in [2.05, 4.69) is 15.3 Å². The van der Waals surface area contributed by atoms with Gasteiger partial charge in [0.25, 0.3) is 5.91 Å². The average molecular weight is 499 g/mol. The van der Waals surface area contributed by atoms with Gasteiger partial charge in [-0.15, -0.1) is 10.2 Å². The Balaban J connectivity index is 1.15. The molecule has 2 saturated heterocycles. The molecule has 0 N–H and O–H groups in total. The summed E-state index contributed by atoms with van der Waals surface area (Å²) in [5.41, 5.74) is 0.463. The summed E-state index contributed by atoms with van der Waals surface area (Å²) < 4.78 is 39.8. The van der Waals surface area contributed by atoms with E-state index in [9.17, 15) is 13.2 Å². The Bertz CT molecular complexity index is 1230. The highest BCUT2D eigenvalue weighted by Crippen LogP contribution is 2.21. The molecule has 1 aromatic carbocycles. The molecular formula is C23H26N6O5S. The Labute approximate surface area is 203 Å². The van der Waals surface area contributed by atoms with E-state index in [0.29, 0.717) is 69.5 Å². The summed E-state index contributed by atoms with van der Waals surface area (Å²) in [5, 5.41) is 12.4. The molecule has 0 bridgehead atoms. The number of morpholine rings is 1. The van der Waals surface area contributed by atoms with Crippen molar-refractivity contribution in [3.63, 3.8) is 0 Å². The van der Waals surface area contributed by atoms with Crippen LogP contribution in [0.5, 0.6) is 5.88 Å². The van der Waals surface area contributed by atoms with Crippen LogP contribution < -0.4 is 4.74 Å². The van der Waals surface area contributed by atoms with Crippen LogP contribution in [0.15, 0.2) is 59.8 Å². The number of piperidine rings is 1. The molecule has 0 unspecified atom stereocenters. The first-order valence-corrected chi connectivity index (χ1v) is 12.9. The van der Waals surface area contributed by atoms with Gasteiger partial charge in [-0.1, -0.05) is 0 Å². The number of aromatic nitrogens is 4. The molecule has 3 aromatic rings. The van der Waals surface area contributed by atoms with Crippen molar-refractivity contribution in [3.05, 3.63) is 60.4 Å². The number of carbonyl (C=O) groups is 1. The lowest BCUT2D eigenvalue weighted by molar-refractivity contribution is 0.0586. The fraction of sp³-hybridized carbons (Fsp3) is 0.391. The van der Waals surface area contributed by atoms with Gasteiger partial charge in [-0.05, 0) is 36.4 Å². The van der Waals surface area contributed by atoms with Gasteiger partial charge in [0.05, 0.1) is 18.1 Å². The van der Waals surface area contributed by atoms with E-state index in [0.717, 1.165) is 0 Å². The number of amides is 1. The van der Waals surface area contributed by atoms with Crippen LogP contribution in [0, 0.1) is 0 Å². The summed E-state index contributed by atoms with van der Waals surface area (Å²) in [6.07, 6.45) is 4.72. The number of likely N-dealkylation sites (tertiary alicyclic amines) is 1. The Kier molecular flexibility index (Phi) is 6.75. The highest BCUT2D eigenvalue weighted by Gasteiger charge is 2.28. The van der Waals surface area contributed by atoms with Gasteiger partial charge < -0.3 is 14.4 Å². The van der Waals surface area contributed by atoms with Crippen LogP contribution in [0.2, 0.25) is 0 Å². The molecule has 2 aromatic heterocycles. The molecule has 11 nitrogen and oxygen atoms in total. The van der Waals surface area contributed by atoms with E-state index in [-0.39, 0.29) is 16.9 Å². The molecule has 0 radical (unpaired) electrons. The average Bonchev–Trinajstić information content (AvgIpc) is 3.45. The second-order valence-corrected chi connectivity index (χ2v) is 10.3. The summed E-state index contributed by atoms with van der Waals surface area (Å²) in [6.45, 7) is 2.52. The Morgan fingerprint density at radius 2 is 1.71 bits per heavy atom. The van der Waals surface area contributed by atoms with Crippen LogP contribution in [0.4, 0.5) is 0 Å². The predicted molar refractivity (Wildman–Crippen MR) is 125 cm³/mol. The van der Waals surface area contributed by atoms with E-state index in [4.69, 9.17) is 9.47 Å². The van der Waals surface area contributed by atoms with Gasteiger partial charge in [-0.3, -0.25) is 4.79 Å². The molecule has 2 aliphatic rings. The quantitative estimate of drug-likeness (QED) is 0.500. The van der Waals surface area contributed by atoms with Crippen molar-refractivity contribution in [1.29, 1.82) is 0 Å². The molecule has 1 amide bonds. The molecule has 0 atom stereocenters. The van der Waals surface area contributed by atoms with E-state index < -0.39 is 10.0 Å². The van der Waals surface area contributed by atoms with Crippen molar-refractivity contribution < 1.29 is 22.7 Å². The van der Waals surface area contributed by atoms with Crippen LogP contribution >= 0.6 is 0 Å². The maximum Gasteiger partial charge on any atom is 0.253 e. The van der Waals surface area contributed by atoms with Crippen LogP contribution in [0.1, 0.15) is 23.2 Å². The number of hydrogen-bond donors (Lipinski definition) is 0. The molecule has 184 valence electrons. The first-order chi connectivity index (χ1) is 17.0. The van der Waals surface area contributed by atoms with Crippen molar-refractivity contribution in [1.82, 2.24) is 29.2 Å². The van der Waals surface area contributed by atoms with Gasteiger partial charge in [-0.25, -0.2) is 13.1 Å². The smallest absolute Gasteiger partial charge is 0.253 e. The zero-order valence-electron chi connectivity index (χ0n) is 19.1. The minimum atomic E-state index is -3.59. The SMILES string of the molecule is O=C(c1ccc(S(=O)(=O)N2CCOCC2)cc1)N1CCC(Oc2ccc(-n3cccn3)nn2)CC1. The summed E-state index contributed by atoms with van der Waals surface area (Å²) in [6, 6.07) is 11.5. The lowest BCUT2D eigenvalue weighted by Gasteiger charge is -2.32. The van der Waals surface area contributed by atoms with Gasteiger partial charge in [0.2, 0.25) is 15.9 Å². The van der Waals surface area contributed by atoms with Crippen LogP contribution in [0.25, 0.3) is 5.82 Å². The van der Waals surface area contributed by atoms with Crippen molar-refractivity contribution in [2.24, 2.45) is 0 Å². The summed E-state index contributed by atoms with van der Waals surface area (Å²) in [7, 11) is -3.59. The number of benzene rings is 1. The third kappa shape index (κ3) is 5.19. The van der Waals surface area contributed by atoms with Crippen molar-refractivity contribution in [3.8, 4) is 11.7 Å². The van der Waals surface area contributed by atoms with Crippen molar-refractivity contribution in [2.75, 3.05) is 39.4 Å². The molecular weight excluding hydrogens is 472 g/mol. The van der Waals surface area contributed by atoms with Gasteiger partial charge in [0.15, 0.2) is 5.82 Å².